The van der Waals surface area contributed by atoms with Gasteiger partial charge in [-0.15, -0.1) is 0 Å². The molecule has 0 unspecified atom stereocenters. The Morgan fingerprint density at radius 1 is 0.867 bits per heavy atom. The summed E-state index contributed by atoms with van der Waals surface area (Å²) in [5.74, 6) is -2.95. The van der Waals surface area contributed by atoms with Gasteiger partial charge in [-0.2, -0.15) is 0 Å². The third-order valence-electron chi connectivity index (χ3n) is 4.14. The van der Waals surface area contributed by atoms with Crippen molar-refractivity contribution in [3.8, 4) is 0 Å². The minimum atomic E-state index is -1.44. The first-order valence-electron chi connectivity index (χ1n) is 9.17. The molecule has 2 rings (SSSR count). The summed E-state index contributed by atoms with van der Waals surface area (Å²) in [6, 6.07) is 15.2. The number of alkyl carbamates (subject to hydrolysis) is 1. The Kier molecular flexibility index (Phi) is 8.37. The quantitative estimate of drug-likeness (QED) is 0.456. The number of nitrogens with two attached hydrogens (primary N) is 1. The van der Waals surface area contributed by atoms with E-state index in [1.807, 2.05) is 0 Å². The number of rotatable bonds is 10. The van der Waals surface area contributed by atoms with E-state index in [9.17, 15) is 19.2 Å². The van der Waals surface area contributed by atoms with Crippen LogP contribution in [-0.2, 0) is 32.1 Å². The summed E-state index contributed by atoms with van der Waals surface area (Å²) in [6.45, 7) is -0.0496. The fourth-order valence-electron chi connectivity index (χ4n) is 2.64. The minimum absolute atomic E-state index is 0.0496. The van der Waals surface area contributed by atoms with Crippen LogP contribution >= 0.6 is 0 Å². The summed E-state index contributed by atoms with van der Waals surface area (Å²) in [5.41, 5.74) is 6.85. The third-order valence-corrected chi connectivity index (χ3v) is 4.14. The van der Waals surface area contributed by atoms with Gasteiger partial charge in [0.25, 0.3) is 0 Å². The molecule has 30 heavy (non-hydrogen) atoms. The maximum Gasteiger partial charge on any atom is 0.408 e. The van der Waals surface area contributed by atoms with Gasteiger partial charge in [-0.05, 0) is 11.1 Å². The van der Waals surface area contributed by atoms with Gasteiger partial charge >= 0.3 is 12.1 Å². The van der Waals surface area contributed by atoms with Crippen LogP contribution in [0.1, 0.15) is 17.5 Å². The number of carbonyl (C=O) groups excluding carboxylic acids is 3. The van der Waals surface area contributed by atoms with Gasteiger partial charge < -0.3 is 26.2 Å². The molecule has 0 aromatic heterocycles. The summed E-state index contributed by atoms with van der Waals surface area (Å²) in [6.07, 6.45) is -1.53. The molecule has 3 amide bonds. The highest BCUT2D eigenvalue weighted by Gasteiger charge is 2.28. The lowest BCUT2D eigenvalue weighted by atomic mass is 10.0. The van der Waals surface area contributed by atoms with Crippen LogP contribution in [0.3, 0.4) is 0 Å². The van der Waals surface area contributed by atoms with Crippen LogP contribution in [0.15, 0.2) is 60.7 Å². The molecule has 158 valence electrons. The van der Waals surface area contributed by atoms with Crippen LogP contribution in [0.2, 0.25) is 0 Å². The van der Waals surface area contributed by atoms with Crippen molar-refractivity contribution < 1.29 is 29.0 Å². The van der Waals surface area contributed by atoms with Crippen molar-refractivity contribution >= 4 is 23.9 Å². The average Bonchev–Trinajstić information content (AvgIpc) is 2.72. The van der Waals surface area contributed by atoms with E-state index in [4.69, 9.17) is 15.6 Å². The number of benzene rings is 2. The lowest BCUT2D eigenvalue weighted by molar-refractivity contribution is -0.140. The molecule has 0 heterocycles. The first-order valence-corrected chi connectivity index (χ1v) is 9.17. The Labute approximate surface area is 173 Å². The summed E-state index contributed by atoms with van der Waals surface area (Å²) in [5, 5.41) is 13.7. The molecule has 0 aliphatic rings. The van der Waals surface area contributed by atoms with E-state index in [0.29, 0.717) is 0 Å². The number of carboxylic acid groups (broad SMARTS) is 1. The molecule has 0 spiro atoms. The highest BCUT2D eigenvalue weighted by atomic mass is 16.5. The lowest BCUT2D eigenvalue weighted by Crippen LogP contribution is -2.54. The van der Waals surface area contributed by atoms with Crippen LogP contribution < -0.4 is 16.4 Å². The van der Waals surface area contributed by atoms with Gasteiger partial charge in [-0.3, -0.25) is 14.4 Å². The topological polar surface area (TPSA) is 148 Å². The second kappa shape index (κ2) is 11.2. The lowest BCUT2D eigenvalue weighted by Gasteiger charge is -2.21. The zero-order valence-corrected chi connectivity index (χ0v) is 16.1. The Bertz CT molecular complexity index is 873. The number of aliphatic carboxylic acids is 1. The van der Waals surface area contributed by atoms with Crippen molar-refractivity contribution in [2.24, 2.45) is 5.73 Å². The molecular weight excluding hydrogens is 390 g/mol. The van der Waals surface area contributed by atoms with Crippen LogP contribution in [-0.4, -0.2) is 41.1 Å². The van der Waals surface area contributed by atoms with Crippen LogP contribution in [0.4, 0.5) is 4.79 Å². The standard InChI is InChI=1S/C21H23N3O6/c22-19(27)16(11-14-7-3-1-4-8-14)23-20(28)17(12-18(25)26)24-21(29)30-13-15-9-5-2-6-10-15/h1-10,16-17H,11-13H2,(H2,22,27)(H,23,28)(H,24,29)(H,25,26)/t16-,17-/m0/s1. The average molecular weight is 413 g/mol. The smallest absolute Gasteiger partial charge is 0.408 e. The predicted molar refractivity (Wildman–Crippen MR) is 107 cm³/mol. The first kappa shape index (κ1) is 22.4. The number of hydrogen-bond acceptors (Lipinski definition) is 5. The maximum absolute atomic E-state index is 12.5. The van der Waals surface area contributed by atoms with E-state index >= 15 is 0 Å². The fraction of sp³-hybridized carbons (Fsp3) is 0.238. The molecule has 0 aliphatic carbocycles. The van der Waals surface area contributed by atoms with Crippen molar-refractivity contribution in [2.45, 2.75) is 31.5 Å². The molecule has 0 saturated carbocycles. The van der Waals surface area contributed by atoms with Gasteiger partial charge in [0.15, 0.2) is 0 Å². The van der Waals surface area contributed by atoms with Gasteiger partial charge in [-0.1, -0.05) is 60.7 Å². The zero-order chi connectivity index (χ0) is 21.9. The van der Waals surface area contributed by atoms with Crippen LogP contribution in [0.25, 0.3) is 0 Å². The van der Waals surface area contributed by atoms with Crippen LogP contribution in [0, 0.1) is 0 Å². The predicted octanol–water partition coefficient (Wildman–Crippen LogP) is 0.969. The molecule has 0 saturated heterocycles. The van der Waals surface area contributed by atoms with E-state index in [-0.39, 0.29) is 13.0 Å². The molecule has 9 heteroatoms. The number of amides is 3. The van der Waals surface area contributed by atoms with Gasteiger partial charge in [0.05, 0.1) is 6.42 Å². The first-order chi connectivity index (χ1) is 14.3. The highest BCUT2D eigenvalue weighted by Crippen LogP contribution is 2.05. The number of nitrogens with one attached hydrogen (secondary N) is 2. The Morgan fingerprint density at radius 3 is 1.97 bits per heavy atom. The molecule has 9 nitrogen and oxygen atoms in total. The van der Waals surface area contributed by atoms with Gasteiger partial charge in [0.1, 0.15) is 18.7 Å². The van der Waals surface area contributed by atoms with Crippen molar-refractivity contribution in [3.05, 3.63) is 71.8 Å². The summed E-state index contributed by atoms with van der Waals surface area (Å²) in [7, 11) is 0. The largest absolute Gasteiger partial charge is 0.481 e. The molecule has 2 atom stereocenters. The van der Waals surface area contributed by atoms with Gasteiger partial charge in [-0.25, -0.2) is 4.79 Å². The van der Waals surface area contributed by atoms with E-state index < -0.39 is 42.4 Å². The van der Waals surface area contributed by atoms with Crippen LogP contribution in [0.5, 0.6) is 0 Å². The summed E-state index contributed by atoms with van der Waals surface area (Å²) in [4.78, 5) is 47.4. The van der Waals surface area contributed by atoms with E-state index in [1.54, 1.807) is 60.7 Å². The van der Waals surface area contributed by atoms with Gasteiger partial charge in [0.2, 0.25) is 11.8 Å². The molecular formula is C21H23N3O6. The fourth-order valence-corrected chi connectivity index (χ4v) is 2.64. The molecule has 2 aromatic carbocycles. The minimum Gasteiger partial charge on any atom is -0.481 e. The molecule has 0 aliphatic heterocycles. The molecule has 5 N–H and O–H groups in total. The number of ether oxygens (including phenoxy) is 1. The summed E-state index contributed by atoms with van der Waals surface area (Å²) >= 11 is 0. The van der Waals surface area contributed by atoms with Crippen molar-refractivity contribution in [1.82, 2.24) is 10.6 Å². The number of hydrogen-bond donors (Lipinski definition) is 4. The second-order valence-corrected chi connectivity index (χ2v) is 6.51. The molecule has 0 bridgehead atoms. The molecule has 2 aromatic rings. The number of carboxylic acids is 1. The van der Waals surface area contributed by atoms with Crippen molar-refractivity contribution in [2.75, 3.05) is 0 Å². The third kappa shape index (κ3) is 7.63. The highest BCUT2D eigenvalue weighted by molar-refractivity contribution is 5.93. The molecule has 0 radical (unpaired) electrons. The normalized spacial score (nSPS) is 12.3. The monoisotopic (exact) mass is 413 g/mol. The Hall–Kier alpha value is -3.88. The number of primary amides is 1. The van der Waals surface area contributed by atoms with Crippen molar-refractivity contribution in [3.63, 3.8) is 0 Å². The van der Waals surface area contributed by atoms with E-state index in [2.05, 4.69) is 10.6 Å². The number of carbonyl (C=O) groups is 4. The SMILES string of the molecule is NC(=O)[C@H](Cc1ccccc1)NC(=O)[C@H](CC(=O)O)NC(=O)OCc1ccccc1. The Balaban J connectivity index is 1.99. The van der Waals surface area contributed by atoms with E-state index in [0.717, 1.165) is 11.1 Å². The molecule has 0 fully saturated rings. The Morgan fingerprint density at radius 2 is 1.43 bits per heavy atom. The van der Waals surface area contributed by atoms with E-state index in [1.165, 1.54) is 0 Å². The van der Waals surface area contributed by atoms with Gasteiger partial charge in [0, 0.05) is 6.42 Å². The second-order valence-electron chi connectivity index (χ2n) is 6.51. The zero-order valence-electron chi connectivity index (χ0n) is 16.1. The maximum atomic E-state index is 12.5. The van der Waals surface area contributed by atoms with Crippen molar-refractivity contribution in [1.29, 1.82) is 0 Å². The summed E-state index contributed by atoms with van der Waals surface area (Å²) < 4.78 is 5.02.